The van der Waals surface area contributed by atoms with Crippen LogP contribution in [0.25, 0.3) is 5.57 Å². The second kappa shape index (κ2) is 8.54. The molecule has 168 valence electrons. The van der Waals surface area contributed by atoms with Crippen molar-refractivity contribution in [2.24, 2.45) is 4.99 Å². The first-order valence-electron chi connectivity index (χ1n) is 10.6. The normalized spacial score (nSPS) is 18.1. The molecule has 2 aliphatic heterocycles. The average molecular weight is 455 g/mol. The lowest BCUT2D eigenvalue weighted by atomic mass is 9.87. The van der Waals surface area contributed by atoms with Crippen LogP contribution in [-0.4, -0.2) is 51.5 Å². The van der Waals surface area contributed by atoms with Crippen LogP contribution >= 0.6 is 0 Å². The zero-order valence-electron chi connectivity index (χ0n) is 18.7. The number of halogens is 1. The molecule has 0 radical (unpaired) electrons. The fourth-order valence-electron chi connectivity index (χ4n) is 4.18. The topological polar surface area (TPSA) is 59.0 Å². The highest BCUT2D eigenvalue weighted by atomic mass is 32.2. The first kappa shape index (κ1) is 22.3. The van der Waals surface area contributed by atoms with E-state index in [2.05, 4.69) is 17.2 Å². The zero-order chi connectivity index (χ0) is 23.0. The second-order valence-corrected chi connectivity index (χ2v) is 10.5. The maximum Gasteiger partial charge on any atom is 0.154 e. The number of likely N-dealkylation sites (N-methyl/N-ethyl adjacent to an activating group) is 1. The van der Waals surface area contributed by atoms with Crippen molar-refractivity contribution < 1.29 is 17.5 Å². The van der Waals surface area contributed by atoms with Gasteiger partial charge in [0.1, 0.15) is 11.6 Å². The van der Waals surface area contributed by atoms with Crippen molar-refractivity contribution in [2.45, 2.75) is 25.6 Å². The van der Waals surface area contributed by atoms with E-state index >= 15 is 0 Å². The van der Waals surface area contributed by atoms with Crippen molar-refractivity contribution in [3.05, 3.63) is 82.3 Å². The fourth-order valence-corrected chi connectivity index (χ4v) is 5.08. The Kier molecular flexibility index (Phi) is 5.95. The minimum atomic E-state index is -3.26. The highest BCUT2D eigenvalue weighted by Crippen LogP contribution is 2.39. The van der Waals surface area contributed by atoms with Gasteiger partial charge in [-0.3, -0.25) is 4.99 Å². The van der Waals surface area contributed by atoms with Gasteiger partial charge in [0.25, 0.3) is 0 Å². The molecular weight excluding hydrogens is 427 g/mol. The number of rotatable bonds is 5. The predicted octanol–water partition coefficient (Wildman–Crippen LogP) is 4.22. The smallest absolute Gasteiger partial charge is 0.154 e. The van der Waals surface area contributed by atoms with Gasteiger partial charge in [0.15, 0.2) is 9.84 Å². The Bertz CT molecular complexity index is 1240. The minimum Gasteiger partial charge on any atom is -0.496 e. The SMILES string of the molecule is CCS(=O)(=O)Cc1cc2c(cc1OC)C(c1ccc(F)cc1)=N[C@@H](C)C1=CCN(C)C=C12. The zero-order valence-corrected chi connectivity index (χ0v) is 19.5. The van der Waals surface area contributed by atoms with E-state index < -0.39 is 9.84 Å². The predicted molar refractivity (Wildman–Crippen MR) is 126 cm³/mol. The largest absolute Gasteiger partial charge is 0.496 e. The van der Waals surface area contributed by atoms with Crippen LogP contribution in [0.3, 0.4) is 0 Å². The van der Waals surface area contributed by atoms with E-state index in [0.29, 0.717) is 11.3 Å². The lowest BCUT2D eigenvalue weighted by molar-refractivity contribution is 0.411. The Morgan fingerprint density at radius 3 is 2.56 bits per heavy atom. The summed E-state index contributed by atoms with van der Waals surface area (Å²) in [6, 6.07) is 9.95. The van der Waals surface area contributed by atoms with Crippen LogP contribution in [0.15, 0.2) is 59.2 Å². The van der Waals surface area contributed by atoms with Gasteiger partial charge in [-0.25, -0.2) is 12.8 Å². The summed E-state index contributed by atoms with van der Waals surface area (Å²) in [6.45, 7) is 4.46. The summed E-state index contributed by atoms with van der Waals surface area (Å²) >= 11 is 0. The quantitative estimate of drug-likeness (QED) is 0.679. The van der Waals surface area contributed by atoms with Gasteiger partial charge in [-0.05, 0) is 54.5 Å². The number of sulfone groups is 1. The second-order valence-electron chi connectivity index (χ2n) is 8.19. The minimum absolute atomic E-state index is 0.0587. The van der Waals surface area contributed by atoms with Crippen LogP contribution in [0.1, 0.15) is 36.1 Å². The molecule has 5 nitrogen and oxygen atoms in total. The lowest BCUT2D eigenvalue weighted by Gasteiger charge is -2.25. The van der Waals surface area contributed by atoms with Gasteiger partial charge in [-0.2, -0.15) is 0 Å². The van der Waals surface area contributed by atoms with E-state index in [9.17, 15) is 12.8 Å². The van der Waals surface area contributed by atoms with E-state index in [0.717, 1.165) is 40.1 Å². The van der Waals surface area contributed by atoms with Crippen molar-refractivity contribution in [3.8, 4) is 5.75 Å². The number of fused-ring (bicyclic) bond motifs is 3. The van der Waals surface area contributed by atoms with Gasteiger partial charge < -0.3 is 9.64 Å². The molecule has 0 fully saturated rings. The van der Waals surface area contributed by atoms with Crippen molar-refractivity contribution in [2.75, 3.05) is 26.5 Å². The molecule has 0 saturated heterocycles. The van der Waals surface area contributed by atoms with E-state index in [1.54, 1.807) is 19.1 Å². The Morgan fingerprint density at radius 2 is 1.91 bits per heavy atom. The van der Waals surface area contributed by atoms with Crippen LogP contribution in [0.5, 0.6) is 5.75 Å². The monoisotopic (exact) mass is 454 g/mol. The Balaban J connectivity index is 2.00. The molecule has 0 saturated carbocycles. The van der Waals surface area contributed by atoms with Gasteiger partial charge in [0.2, 0.25) is 0 Å². The van der Waals surface area contributed by atoms with Crippen LogP contribution < -0.4 is 4.74 Å². The number of hydrogen-bond donors (Lipinski definition) is 0. The van der Waals surface area contributed by atoms with Gasteiger partial charge in [-0.1, -0.05) is 13.0 Å². The molecule has 0 unspecified atom stereocenters. The number of hydrogen-bond acceptors (Lipinski definition) is 5. The Labute approximate surface area is 188 Å². The highest BCUT2D eigenvalue weighted by Gasteiger charge is 2.29. The molecule has 0 spiro atoms. The molecule has 0 aromatic heterocycles. The number of methoxy groups -OCH3 is 1. The molecule has 2 aromatic carbocycles. The molecule has 0 N–H and O–H groups in total. The van der Waals surface area contributed by atoms with Crippen LogP contribution in [0.2, 0.25) is 0 Å². The molecule has 0 bridgehead atoms. The molecule has 0 aliphatic carbocycles. The third-order valence-electron chi connectivity index (χ3n) is 5.93. The van der Waals surface area contributed by atoms with E-state index in [1.807, 2.05) is 26.1 Å². The molecule has 2 aliphatic rings. The van der Waals surface area contributed by atoms with Crippen molar-refractivity contribution >= 4 is 21.1 Å². The number of aliphatic imine (C=N–C) groups is 1. The number of ether oxygens (including phenoxy) is 1. The van der Waals surface area contributed by atoms with E-state index in [1.165, 1.54) is 19.2 Å². The van der Waals surface area contributed by atoms with Gasteiger partial charge in [0, 0.05) is 47.8 Å². The summed E-state index contributed by atoms with van der Waals surface area (Å²) in [6.07, 6.45) is 4.24. The van der Waals surface area contributed by atoms with E-state index in [4.69, 9.17) is 9.73 Å². The molecule has 7 heteroatoms. The number of nitrogens with zero attached hydrogens (tertiary/aromatic N) is 2. The van der Waals surface area contributed by atoms with Gasteiger partial charge >= 0.3 is 0 Å². The first-order chi connectivity index (χ1) is 15.2. The maximum atomic E-state index is 13.6. The maximum absolute atomic E-state index is 13.6. The van der Waals surface area contributed by atoms with Crippen molar-refractivity contribution in [1.29, 1.82) is 0 Å². The van der Waals surface area contributed by atoms with Crippen molar-refractivity contribution in [1.82, 2.24) is 4.90 Å². The van der Waals surface area contributed by atoms with E-state index in [-0.39, 0.29) is 23.4 Å². The summed E-state index contributed by atoms with van der Waals surface area (Å²) < 4.78 is 44.1. The Hall–Kier alpha value is -2.93. The van der Waals surface area contributed by atoms with Crippen LogP contribution in [0, 0.1) is 5.82 Å². The van der Waals surface area contributed by atoms with Crippen molar-refractivity contribution in [3.63, 3.8) is 0 Å². The summed E-state index contributed by atoms with van der Waals surface area (Å²) in [5, 5.41) is 0. The lowest BCUT2D eigenvalue weighted by Crippen LogP contribution is -2.19. The molecule has 2 heterocycles. The number of benzene rings is 2. The summed E-state index contributed by atoms with van der Waals surface area (Å²) in [5.41, 5.74) is 5.99. The third-order valence-corrected chi connectivity index (χ3v) is 7.56. The average Bonchev–Trinajstić information content (AvgIpc) is 2.88. The molecule has 1 atom stereocenters. The molecule has 32 heavy (non-hydrogen) atoms. The molecule has 4 rings (SSSR count). The molecule has 0 amide bonds. The highest BCUT2D eigenvalue weighted by molar-refractivity contribution is 7.90. The van der Waals surface area contributed by atoms with Gasteiger partial charge in [0.05, 0.1) is 24.6 Å². The van der Waals surface area contributed by atoms with Gasteiger partial charge in [-0.15, -0.1) is 0 Å². The summed E-state index contributed by atoms with van der Waals surface area (Å²) in [7, 11) is 0.283. The summed E-state index contributed by atoms with van der Waals surface area (Å²) in [4.78, 5) is 7.10. The summed E-state index contributed by atoms with van der Waals surface area (Å²) in [5.74, 6) is 0.152. The fraction of sp³-hybridized carbons (Fsp3) is 0.320. The molecule has 2 aromatic rings. The van der Waals surface area contributed by atoms with Crippen LogP contribution in [0.4, 0.5) is 4.39 Å². The first-order valence-corrected chi connectivity index (χ1v) is 12.4. The standard InChI is InChI=1S/C25H27FN2O3S/c1-5-32(29,30)15-18-12-21-22(13-24(18)31-4)25(17-6-8-19(26)9-7-17)27-16(2)20-10-11-28(3)14-23(20)21/h6-10,12-14,16H,5,11,15H2,1-4H3/t16-/m0/s1. The molecular formula is C25H27FN2O3S. The third kappa shape index (κ3) is 4.21. The Morgan fingerprint density at radius 1 is 1.19 bits per heavy atom. The van der Waals surface area contributed by atoms with Crippen LogP contribution in [-0.2, 0) is 15.6 Å².